The Hall–Kier alpha value is -3.72. The van der Waals surface area contributed by atoms with E-state index in [1.54, 1.807) is 13.8 Å². The predicted octanol–water partition coefficient (Wildman–Crippen LogP) is 6.26. The summed E-state index contributed by atoms with van der Waals surface area (Å²) in [6, 6.07) is 22.3. The van der Waals surface area contributed by atoms with Crippen LogP contribution in [0.2, 0.25) is 0 Å². The fraction of sp³-hybridized carbons (Fsp3) is 0.172. The number of fused-ring (bicyclic) bond motifs is 8. The van der Waals surface area contributed by atoms with Crippen LogP contribution in [-0.2, 0) is 10.2 Å². The summed E-state index contributed by atoms with van der Waals surface area (Å²) < 4.78 is 6.35. The zero-order chi connectivity index (χ0) is 22.0. The Morgan fingerprint density at radius 2 is 1.59 bits per heavy atom. The molecule has 3 aromatic rings. The summed E-state index contributed by atoms with van der Waals surface area (Å²) in [4.78, 5) is 24.8. The first kappa shape index (κ1) is 19.0. The highest BCUT2D eigenvalue weighted by atomic mass is 16.5. The first-order valence-electron chi connectivity index (χ1n) is 11.0. The van der Waals surface area contributed by atoms with Crippen molar-refractivity contribution in [1.29, 1.82) is 0 Å². The lowest BCUT2D eigenvalue weighted by molar-refractivity contribution is -0.119. The van der Waals surface area contributed by atoms with Gasteiger partial charge in [0.25, 0.3) is 0 Å². The first-order valence-corrected chi connectivity index (χ1v) is 11.0. The summed E-state index contributed by atoms with van der Waals surface area (Å²) in [6.07, 6.45) is 4.80. The maximum atomic E-state index is 12.4. The summed E-state index contributed by atoms with van der Waals surface area (Å²) in [5.41, 5.74) is 6.83. The molecule has 1 heterocycles. The molecule has 0 fully saturated rings. The first-order chi connectivity index (χ1) is 15.5. The highest BCUT2D eigenvalue weighted by Crippen LogP contribution is 2.63. The normalized spacial score (nSPS) is 22.0. The average Bonchev–Trinajstić information content (AvgIpc) is 3.10. The molecular weight excluding hydrogens is 396 g/mol. The third-order valence-electron chi connectivity index (χ3n) is 7.14. The largest absolute Gasteiger partial charge is 0.457 e. The summed E-state index contributed by atoms with van der Waals surface area (Å²) in [6.45, 7) is 3.25. The van der Waals surface area contributed by atoms with Gasteiger partial charge in [0.2, 0.25) is 0 Å². The van der Waals surface area contributed by atoms with Crippen molar-refractivity contribution >= 4 is 17.1 Å². The van der Waals surface area contributed by atoms with Crippen LogP contribution in [-0.4, -0.2) is 11.6 Å². The van der Waals surface area contributed by atoms with Crippen LogP contribution in [0.25, 0.3) is 5.57 Å². The lowest BCUT2D eigenvalue weighted by atomic mass is 9.63. The van der Waals surface area contributed by atoms with Crippen LogP contribution in [0.5, 0.6) is 11.5 Å². The van der Waals surface area contributed by atoms with Crippen molar-refractivity contribution in [1.82, 2.24) is 0 Å². The molecule has 3 heteroatoms. The van der Waals surface area contributed by atoms with E-state index in [1.807, 2.05) is 42.5 Å². The molecular formula is C29H22O3. The Morgan fingerprint density at radius 1 is 0.875 bits per heavy atom. The van der Waals surface area contributed by atoms with Crippen LogP contribution < -0.4 is 4.74 Å². The van der Waals surface area contributed by atoms with E-state index in [0.717, 1.165) is 22.6 Å². The quantitative estimate of drug-likeness (QED) is 0.461. The van der Waals surface area contributed by atoms with Crippen molar-refractivity contribution in [3.05, 3.63) is 112 Å². The van der Waals surface area contributed by atoms with Gasteiger partial charge in [0.1, 0.15) is 17.3 Å². The second-order valence-corrected chi connectivity index (χ2v) is 8.83. The number of ether oxygens (including phenoxy) is 1. The Morgan fingerprint density at radius 3 is 2.38 bits per heavy atom. The number of allylic oxidation sites excluding steroid dienone is 4. The van der Waals surface area contributed by atoms with Gasteiger partial charge in [-0.15, -0.1) is 0 Å². The van der Waals surface area contributed by atoms with Gasteiger partial charge in [-0.1, -0.05) is 54.6 Å². The van der Waals surface area contributed by atoms with Crippen LogP contribution in [0.15, 0.2) is 84.5 Å². The lowest BCUT2D eigenvalue weighted by Crippen LogP contribution is -2.35. The topological polar surface area (TPSA) is 43.4 Å². The molecule has 6 rings (SSSR count). The van der Waals surface area contributed by atoms with Gasteiger partial charge in [-0.3, -0.25) is 9.59 Å². The molecule has 3 nitrogen and oxygen atoms in total. The molecule has 2 atom stereocenters. The molecule has 0 saturated heterocycles. The zero-order valence-electron chi connectivity index (χ0n) is 18.0. The van der Waals surface area contributed by atoms with Gasteiger partial charge >= 0.3 is 0 Å². The molecule has 0 bridgehead atoms. The molecule has 2 aliphatic carbocycles. The summed E-state index contributed by atoms with van der Waals surface area (Å²) in [7, 11) is 0. The number of hydrogen-bond acceptors (Lipinski definition) is 3. The molecule has 0 N–H and O–H groups in total. The minimum Gasteiger partial charge on any atom is -0.457 e. The van der Waals surface area contributed by atoms with Crippen LogP contribution in [0.1, 0.15) is 52.9 Å². The number of hydrogen-bond donors (Lipinski definition) is 0. The molecule has 3 aliphatic rings. The van der Waals surface area contributed by atoms with Crippen LogP contribution >= 0.6 is 0 Å². The molecule has 0 saturated carbocycles. The number of para-hydroxylation sites is 1. The zero-order valence-corrected chi connectivity index (χ0v) is 18.0. The van der Waals surface area contributed by atoms with E-state index < -0.39 is 5.41 Å². The number of benzene rings is 3. The molecule has 3 aromatic carbocycles. The van der Waals surface area contributed by atoms with Crippen LogP contribution in [0.3, 0.4) is 0 Å². The maximum absolute atomic E-state index is 12.4. The van der Waals surface area contributed by atoms with E-state index in [4.69, 9.17) is 4.74 Å². The Kier molecular flexibility index (Phi) is 3.94. The summed E-state index contributed by atoms with van der Waals surface area (Å²) >= 11 is 0. The van der Waals surface area contributed by atoms with Gasteiger partial charge in [-0.2, -0.15) is 0 Å². The van der Waals surface area contributed by atoms with Gasteiger partial charge in [0.15, 0.2) is 5.78 Å². The Balaban J connectivity index is 1.76. The van der Waals surface area contributed by atoms with Crippen molar-refractivity contribution in [2.24, 2.45) is 5.92 Å². The van der Waals surface area contributed by atoms with Gasteiger partial charge in [0, 0.05) is 22.6 Å². The highest BCUT2D eigenvalue weighted by molar-refractivity contribution is 5.97. The summed E-state index contributed by atoms with van der Waals surface area (Å²) in [5.74, 6) is 1.60. The molecule has 2 unspecified atom stereocenters. The van der Waals surface area contributed by atoms with Gasteiger partial charge in [-0.25, -0.2) is 0 Å². The molecule has 156 valence electrons. The van der Waals surface area contributed by atoms with Crippen molar-refractivity contribution < 1.29 is 14.3 Å². The highest BCUT2D eigenvalue weighted by Gasteiger charge is 2.53. The number of rotatable bonds is 2. The number of carbonyl (C=O) groups is 2. The van der Waals surface area contributed by atoms with E-state index in [2.05, 4.69) is 36.4 Å². The molecule has 1 spiro atoms. The van der Waals surface area contributed by atoms with Crippen molar-refractivity contribution in [3.8, 4) is 11.5 Å². The minimum absolute atomic E-state index is 0.0208. The Labute approximate surface area is 187 Å². The van der Waals surface area contributed by atoms with E-state index in [0.29, 0.717) is 12.0 Å². The number of carbonyl (C=O) groups excluding carboxylic acids is 2. The second-order valence-electron chi connectivity index (χ2n) is 8.83. The molecule has 0 radical (unpaired) electrons. The smallest absolute Gasteiger partial charge is 0.159 e. The molecule has 32 heavy (non-hydrogen) atoms. The minimum atomic E-state index is -0.597. The number of ketones is 2. The van der Waals surface area contributed by atoms with Crippen LogP contribution in [0, 0.1) is 5.92 Å². The second kappa shape index (κ2) is 6.64. The van der Waals surface area contributed by atoms with Crippen LogP contribution in [0.4, 0.5) is 0 Å². The lowest BCUT2D eigenvalue weighted by Gasteiger charge is -2.42. The monoisotopic (exact) mass is 418 g/mol. The van der Waals surface area contributed by atoms with E-state index >= 15 is 0 Å². The van der Waals surface area contributed by atoms with E-state index in [9.17, 15) is 9.59 Å². The molecule has 1 aliphatic heterocycles. The van der Waals surface area contributed by atoms with E-state index in [-0.39, 0.29) is 17.5 Å². The molecule has 0 amide bonds. The maximum Gasteiger partial charge on any atom is 0.159 e. The van der Waals surface area contributed by atoms with Gasteiger partial charge in [-0.05, 0) is 66.8 Å². The summed E-state index contributed by atoms with van der Waals surface area (Å²) in [5, 5.41) is 0. The van der Waals surface area contributed by atoms with Crippen molar-refractivity contribution in [2.45, 2.75) is 25.7 Å². The average molecular weight is 418 g/mol. The number of Topliss-reactive ketones (excluding diaryl/α,β-unsaturated/α-hetero) is 2. The fourth-order valence-corrected chi connectivity index (χ4v) is 5.68. The van der Waals surface area contributed by atoms with Gasteiger partial charge < -0.3 is 4.74 Å². The van der Waals surface area contributed by atoms with Gasteiger partial charge in [0.05, 0.1) is 5.41 Å². The standard InChI is InChI=1S/C29H22O3/c1-17(30)19-11-13-22-21-7-3-4-8-23(21)29(25(22)15-19)24-9-5-6-10-27(24)32-28-14-12-20(18(2)31)16-26(28)29/h3-14,16,19H,15H2,1-2H3. The fourth-order valence-electron chi connectivity index (χ4n) is 5.68. The van der Waals surface area contributed by atoms with E-state index in [1.165, 1.54) is 22.3 Å². The third-order valence-corrected chi connectivity index (χ3v) is 7.14. The predicted molar refractivity (Wildman–Crippen MR) is 124 cm³/mol. The van der Waals surface area contributed by atoms with Crippen molar-refractivity contribution in [3.63, 3.8) is 0 Å². The molecule has 0 aromatic heterocycles. The SMILES string of the molecule is CC(=O)c1ccc2c(c1)C1(C3=C(C=CC(C(C)=O)C3)c3ccccc31)c1ccccc1O2. The van der Waals surface area contributed by atoms with Crippen molar-refractivity contribution in [2.75, 3.05) is 0 Å². The Bertz CT molecular complexity index is 1390. The third kappa shape index (κ3) is 2.36.